The lowest BCUT2D eigenvalue weighted by Crippen LogP contribution is -2.45. The lowest BCUT2D eigenvalue weighted by molar-refractivity contribution is 0.105. The molecule has 0 amide bonds. The largest absolute Gasteiger partial charge is 0.420 e. The van der Waals surface area contributed by atoms with Crippen molar-refractivity contribution in [3.05, 3.63) is 0 Å². The summed E-state index contributed by atoms with van der Waals surface area (Å²) in [6, 6.07) is 3.70. The molecule has 0 aromatic carbocycles. The first kappa shape index (κ1) is 13.7. The Hall–Kier alpha value is 0.314. The zero-order chi connectivity index (χ0) is 12.1. The molecule has 2 saturated heterocycles. The molecule has 2 aliphatic heterocycles. The smallest absolute Gasteiger partial charge is 0.335 e. The van der Waals surface area contributed by atoms with Gasteiger partial charge in [-0.1, -0.05) is 6.42 Å². The molecule has 0 aliphatic carbocycles. The fourth-order valence-electron chi connectivity index (χ4n) is 2.80. The monoisotopic (exact) mass is 274 g/mol. The van der Waals surface area contributed by atoms with Crippen LogP contribution in [0.5, 0.6) is 0 Å². The quantitative estimate of drug-likeness (QED) is 0.738. The lowest BCUT2D eigenvalue weighted by Gasteiger charge is -2.35. The molecule has 3 atom stereocenters. The summed E-state index contributed by atoms with van der Waals surface area (Å²) in [5.74, 6) is 0. The van der Waals surface area contributed by atoms with Crippen molar-refractivity contribution in [1.29, 1.82) is 0 Å². The van der Waals surface area contributed by atoms with Gasteiger partial charge in [-0.3, -0.25) is 0 Å². The van der Waals surface area contributed by atoms with Crippen LogP contribution in [0.1, 0.15) is 32.6 Å². The topological polar surface area (TPSA) is 27.7 Å². The van der Waals surface area contributed by atoms with E-state index in [1.807, 2.05) is 0 Å². The summed E-state index contributed by atoms with van der Waals surface area (Å²) in [6.45, 7) is 6.28. The molecular formula is C12H26O3Si2. The van der Waals surface area contributed by atoms with Crippen molar-refractivity contribution in [2.45, 2.75) is 63.4 Å². The number of hydrogen-bond acceptors (Lipinski definition) is 3. The second kappa shape index (κ2) is 6.47. The zero-order valence-electron chi connectivity index (χ0n) is 11.2. The van der Waals surface area contributed by atoms with Gasteiger partial charge >= 0.3 is 8.56 Å². The molecular weight excluding hydrogens is 248 g/mol. The summed E-state index contributed by atoms with van der Waals surface area (Å²) in [5.41, 5.74) is 0. The van der Waals surface area contributed by atoms with E-state index in [1.54, 1.807) is 0 Å². The molecule has 0 bridgehead atoms. The average molecular weight is 275 g/mol. The van der Waals surface area contributed by atoms with Crippen molar-refractivity contribution >= 4 is 17.6 Å². The van der Waals surface area contributed by atoms with Gasteiger partial charge < -0.3 is 13.3 Å². The van der Waals surface area contributed by atoms with E-state index in [0.29, 0.717) is 6.10 Å². The van der Waals surface area contributed by atoms with Crippen LogP contribution in [0.15, 0.2) is 0 Å². The number of hydrogen-bond donors (Lipinski definition) is 0. The highest BCUT2D eigenvalue weighted by molar-refractivity contribution is 6.66. The molecule has 5 heteroatoms. The van der Waals surface area contributed by atoms with E-state index in [-0.39, 0.29) is 0 Å². The Kier molecular flexibility index (Phi) is 5.23. The van der Waals surface area contributed by atoms with Gasteiger partial charge in [0.25, 0.3) is 0 Å². The minimum Gasteiger partial charge on any atom is -0.420 e. The van der Waals surface area contributed by atoms with E-state index < -0.39 is 17.6 Å². The van der Waals surface area contributed by atoms with E-state index >= 15 is 0 Å². The minimum atomic E-state index is -1.82. The molecule has 100 valence electrons. The lowest BCUT2D eigenvalue weighted by atomic mass is 10.2. The van der Waals surface area contributed by atoms with Crippen LogP contribution < -0.4 is 0 Å². The molecule has 0 aromatic rings. The Balaban J connectivity index is 1.66. The summed E-state index contributed by atoms with van der Waals surface area (Å²) in [5, 5.41) is 0. The predicted molar refractivity (Wildman–Crippen MR) is 74.1 cm³/mol. The van der Waals surface area contributed by atoms with Crippen LogP contribution in [0.2, 0.25) is 24.7 Å². The van der Waals surface area contributed by atoms with Crippen LogP contribution in [0.25, 0.3) is 0 Å². The predicted octanol–water partition coefficient (Wildman–Crippen LogP) is 2.81. The first-order valence-corrected chi connectivity index (χ1v) is 11.7. The van der Waals surface area contributed by atoms with Gasteiger partial charge in [0.05, 0.1) is 0 Å². The molecule has 0 spiro atoms. The van der Waals surface area contributed by atoms with E-state index in [1.165, 1.54) is 43.8 Å². The van der Waals surface area contributed by atoms with Crippen LogP contribution in [-0.2, 0) is 13.3 Å². The Morgan fingerprint density at radius 3 is 2.94 bits per heavy atom. The van der Waals surface area contributed by atoms with Crippen LogP contribution in [0.3, 0.4) is 0 Å². The molecule has 0 aromatic heterocycles. The minimum absolute atomic E-state index is 0.406. The highest BCUT2D eigenvalue weighted by Crippen LogP contribution is 2.27. The Morgan fingerprint density at radius 2 is 2.24 bits per heavy atom. The second-order valence-electron chi connectivity index (χ2n) is 5.58. The zero-order valence-corrected chi connectivity index (χ0v) is 13.4. The van der Waals surface area contributed by atoms with Crippen LogP contribution in [0.4, 0.5) is 0 Å². The van der Waals surface area contributed by atoms with E-state index in [4.69, 9.17) is 13.3 Å². The third-order valence-electron chi connectivity index (χ3n) is 3.81. The molecule has 2 fully saturated rings. The van der Waals surface area contributed by atoms with Gasteiger partial charge in [0.2, 0.25) is 0 Å². The molecule has 0 saturated carbocycles. The third-order valence-corrected chi connectivity index (χ3v) is 9.43. The van der Waals surface area contributed by atoms with Crippen molar-refractivity contribution in [1.82, 2.24) is 0 Å². The van der Waals surface area contributed by atoms with Crippen molar-refractivity contribution in [3.63, 3.8) is 0 Å². The number of rotatable bonds is 4. The van der Waals surface area contributed by atoms with E-state index in [2.05, 4.69) is 13.5 Å². The molecule has 2 heterocycles. The molecule has 0 radical (unpaired) electrons. The Labute approximate surface area is 108 Å². The van der Waals surface area contributed by atoms with Crippen LogP contribution >= 0.6 is 0 Å². The molecule has 2 rings (SSSR count). The molecule has 0 N–H and O–H groups in total. The maximum atomic E-state index is 6.11. The van der Waals surface area contributed by atoms with Crippen molar-refractivity contribution < 1.29 is 13.3 Å². The Bertz CT molecular complexity index is 234. The summed E-state index contributed by atoms with van der Waals surface area (Å²) >= 11 is 0. The molecule has 17 heavy (non-hydrogen) atoms. The summed E-state index contributed by atoms with van der Waals surface area (Å²) < 4.78 is 18.0. The molecule has 2 aliphatic rings. The first-order valence-electron chi connectivity index (χ1n) is 7.11. The maximum Gasteiger partial charge on any atom is 0.335 e. The van der Waals surface area contributed by atoms with Gasteiger partial charge in [-0.25, -0.2) is 0 Å². The molecule has 3 unspecified atom stereocenters. The van der Waals surface area contributed by atoms with Gasteiger partial charge in [0.1, 0.15) is 0 Å². The normalized spacial score (nSPS) is 39.2. The van der Waals surface area contributed by atoms with Gasteiger partial charge in [-0.2, -0.15) is 0 Å². The summed E-state index contributed by atoms with van der Waals surface area (Å²) in [4.78, 5) is 0. The SMILES string of the molecule is CC1CCC[Si](C)(OCC[SiH]2CCCCO2)O1. The third kappa shape index (κ3) is 4.48. The maximum absolute atomic E-state index is 6.11. The highest BCUT2D eigenvalue weighted by Gasteiger charge is 2.36. The van der Waals surface area contributed by atoms with Gasteiger partial charge in [0.15, 0.2) is 9.04 Å². The van der Waals surface area contributed by atoms with Gasteiger partial charge in [-0.15, -0.1) is 0 Å². The van der Waals surface area contributed by atoms with Gasteiger partial charge in [0, 0.05) is 19.3 Å². The summed E-state index contributed by atoms with van der Waals surface area (Å²) in [6.07, 6.45) is 5.52. The second-order valence-corrected chi connectivity index (χ2v) is 11.6. The standard InChI is InChI=1S/C12H26O3Si2/c1-12-6-5-11-17(2,15-12)14-8-10-16-9-4-3-7-13-16/h12,16H,3-11H2,1-2H3. The van der Waals surface area contributed by atoms with E-state index in [9.17, 15) is 0 Å². The van der Waals surface area contributed by atoms with Crippen LogP contribution in [-0.4, -0.2) is 36.9 Å². The van der Waals surface area contributed by atoms with Crippen molar-refractivity contribution in [2.24, 2.45) is 0 Å². The molecule has 3 nitrogen and oxygen atoms in total. The highest BCUT2D eigenvalue weighted by atomic mass is 28.4. The van der Waals surface area contributed by atoms with E-state index in [0.717, 1.165) is 13.2 Å². The average Bonchev–Trinajstić information content (AvgIpc) is 2.30. The Morgan fingerprint density at radius 1 is 1.35 bits per heavy atom. The van der Waals surface area contributed by atoms with Crippen LogP contribution in [0, 0.1) is 0 Å². The first-order chi connectivity index (χ1) is 8.18. The van der Waals surface area contributed by atoms with Gasteiger partial charge in [-0.05, 0) is 50.9 Å². The van der Waals surface area contributed by atoms with Crippen molar-refractivity contribution in [3.8, 4) is 0 Å². The fraction of sp³-hybridized carbons (Fsp3) is 1.00. The fourth-order valence-corrected chi connectivity index (χ4v) is 7.98. The summed E-state index contributed by atoms with van der Waals surface area (Å²) in [7, 11) is -2.72. The van der Waals surface area contributed by atoms with Crippen molar-refractivity contribution in [2.75, 3.05) is 13.2 Å².